The molecule has 0 heterocycles. The van der Waals surface area contributed by atoms with Gasteiger partial charge in [-0.05, 0) is 6.42 Å². The molecule has 0 aromatic heterocycles. The van der Waals surface area contributed by atoms with E-state index < -0.39 is 12.2 Å². The zero-order valence-corrected chi connectivity index (χ0v) is 6.68. The first-order valence-electron chi connectivity index (χ1n) is 3.90. The summed E-state index contributed by atoms with van der Waals surface area (Å²) < 4.78 is 0. The highest BCUT2D eigenvalue weighted by atomic mass is 16.3. The summed E-state index contributed by atoms with van der Waals surface area (Å²) in [6.07, 6.45) is 1.79. The number of aliphatic hydroxyl groups excluding tert-OH is 2. The van der Waals surface area contributed by atoms with Crippen LogP contribution in [0.15, 0.2) is 18.7 Å². The van der Waals surface area contributed by atoms with Crippen LogP contribution in [0.5, 0.6) is 0 Å². The Morgan fingerprint density at radius 1 is 1.33 bits per heavy atom. The molecule has 1 aliphatic rings. The standard InChI is InChI=1S/C9H12O3/c1-2-6-5-7(3-4-10)9(12)8(6)11/h2-3,6-9,11-12H,1,5H2. The third-order valence-corrected chi connectivity index (χ3v) is 2.36. The van der Waals surface area contributed by atoms with E-state index in [9.17, 15) is 15.0 Å². The molecule has 1 aliphatic carbocycles. The van der Waals surface area contributed by atoms with Gasteiger partial charge in [-0.15, -0.1) is 6.58 Å². The molecule has 1 saturated carbocycles. The van der Waals surface area contributed by atoms with E-state index in [0.717, 1.165) is 0 Å². The summed E-state index contributed by atoms with van der Waals surface area (Å²) in [4.78, 5) is 10.0. The molecular formula is C9H12O3. The first-order chi connectivity index (χ1) is 5.70. The van der Waals surface area contributed by atoms with E-state index in [2.05, 4.69) is 6.58 Å². The van der Waals surface area contributed by atoms with Gasteiger partial charge in [0.2, 0.25) is 0 Å². The van der Waals surface area contributed by atoms with Crippen molar-refractivity contribution in [3.63, 3.8) is 0 Å². The normalized spacial score (nSPS) is 40.5. The second-order valence-corrected chi connectivity index (χ2v) is 3.06. The van der Waals surface area contributed by atoms with Crippen molar-refractivity contribution in [2.45, 2.75) is 18.6 Å². The van der Waals surface area contributed by atoms with E-state index in [1.807, 2.05) is 0 Å². The van der Waals surface area contributed by atoms with Crippen LogP contribution in [-0.2, 0) is 4.79 Å². The Hall–Kier alpha value is -0.890. The summed E-state index contributed by atoms with van der Waals surface area (Å²) in [7, 11) is 0. The Labute approximate surface area is 71.0 Å². The number of hydrogen-bond acceptors (Lipinski definition) is 3. The summed E-state index contributed by atoms with van der Waals surface area (Å²) >= 11 is 0. The predicted molar refractivity (Wildman–Crippen MR) is 44.1 cm³/mol. The van der Waals surface area contributed by atoms with E-state index in [1.54, 1.807) is 12.0 Å². The fraction of sp³-hybridized carbons (Fsp3) is 0.556. The van der Waals surface area contributed by atoms with Crippen LogP contribution in [0.1, 0.15) is 6.42 Å². The molecule has 66 valence electrons. The van der Waals surface area contributed by atoms with Crippen LogP contribution < -0.4 is 0 Å². The predicted octanol–water partition coefficient (Wildman–Crippen LogP) is -0.0819. The van der Waals surface area contributed by atoms with Crippen LogP contribution in [0, 0.1) is 11.8 Å². The van der Waals surface area contributed by atoms with Crippen molar-refractivity contribution in [3.8, 4) is 0 Å². The van der Waals surface area contributed by atoms with Crippen LogP contribution in [0.25, 0.3) is 0 Å². The minimum absolute atomic E-state index is 0.116. The Kier molecular flexibility index (Phi) is 2.82. The molecule has 4 unspecified atom stereocenters. The molecule has 0 spiro atoms. The van der Waals surface area contributed by atoms with Crippen molar-refractivity contribution >= 4 is 5.94 Å². The van der Waals surface area contributed by atoms with Crippen molar-refractivity contribution in [2.24, 2.45) is 11.8 Å². The Morgan fingerprint density at radius 3 is 2.33 bits per heavy atom. The molecule has 1 rings (SSSR count). The largest absolute Gasteiger partial charge is 0.390 e. The summed E-state index contributed by atoms with van der Waals surface area (Å²) in [6, 6.07) is 0. The van der Waals surface area contributed by atoms with Crippen LogP contribution >= 0.6 is 0 Å². The van der Waals surface area contributed by atoms with Gasteiger partial charge in [-0.1, -0.05) is 6.08 Å². The quantitative estimate of drug-likeness (QED) is 0.448. The summed E-state index contributed by atoms with van der Waals surface area (Å²) in [5.41, 5.74) is 0. The summed E-state index contributed by atoms with van der Waals surface area (Å²) in [5, 5.41) is 18.8. The van der Waals surface area contributed by atoms with Gasteiger partial charge >= 0.3 is 0 Å². The molecule has 4 atom stereocenters. The Bertz CT molecular complexity index is 218. The van der Waals surface area contributed by atoms with Gasteiger partial charge in [-0.3, -0.25) is 0 Å². The van der Waals surface area contributed by atoms with Crippen molar-refractivity contribution < 1.29 is 15.0 Å². The fourth-order valence-corrected chi connectivity index (χ4v) is 1.59. The number of carbonyl (C=O) groups excluding carboxylic acids is 1. The smallest absolute Gasteiger partial charge is 0.120 e. The highest BCUT2D eigenvalue weighted by Crippen LogP contribution is 2.32. The molecule has 0 aromatic carbocycles. The number of aliphatic hydroxyl groups is 2. The van der Waals surface area contributed by atoms with E-state index in [0.29, 0.717) is 6.42 Å². The molecule has 3 heteroatoms. The lowest BCUT2D eigenvalue weighted by Crippen LogP contribution is -2.26. The Morgan fingerprint density at radius 2 is 1.92 bits per heavy atom. The third kappa shape index (κ3) is 1.48. The minimum Gasteiger partial charge on any atom is -0.390 e. The zero-order chi connectivity index (χ0) is 9.14. The molecule has 12 heavy (non-hydrogen) atoms. The van der Waals surface area contributed by atoms with E-state index >= 15 is 0 Å². The molecule has 0 amide bonds. The maximum atomic E-state index is 10.0. The highest BCUT2D eigenvalue weighted by molar-refractivity contribution is 5.46. The van der Waals surface area contributed by atoms with E-state index in [4.69, 9.17) is 0 Å². The molecule has 0 aliphatic heterocycles. The first kappa shape index (κ1) is 9.20. The van der Waals surface area contributed by atoms with Gasteiger partial charge in [-0.25, -0.2) is 4.79 Å². The lowest BCUT2D eigenvalue weighted by Gasteiger charge is -2.12. The van der Waals surface area contributed by atoms with Gasteiger partial charge < -0.3 is 10.2 Å². The van der Waals surface area contributed by atoms with Gasteiger partial charge in [0, 0.05) is 17.9 Å². The topological polar surface area (TPSA) is 57.5 Å². The van der Waals surface area contributed by atoms with Gasteiger partial charge in [0.05, 0.1) is 12.2 Å². The first-order valence-corrected chi connectivity index (χ1v) is 3.90. The summed E-state index contributed by atoms with van der Waals surface area (Å²) in [6.45, 7) is 3.54. The number of hydrogen-bond donors (Lipinski definition) is 2. The van der Waals surface area contributed by atoms with E-state index in [-0.39, 0.29) is 11.8 Å². The van der Waals surface area contributed by atoms with Gasteiger partial charge in [-0.2, -0.15) is 0 Å². The zero-order valence-electron chi connectivity index (χ0n) is 6.68. The average molecular weight is 168 g/mol. The molecule has 3 nitrogen and oxygen atoms in total. The molecule has 0 saturated heterocycles. The Balaban J connectivity index is 2.72. The van der Waals surface area contributed by atoms with Crippen molar-refractivity contribution in [3.05, 3.63) is 18.7 Å². The van der Waals surface area contributed by atoms with Crippen molar-refractivity contribution in [2.75, 3.05) is 0 Å². The molecule has 0 aromatic rings. The van der Waals surface area contributed by atoms with Gasteiger partial charge in [0.1, 0.15) is 5.94 Å². The van der Waals surface area contributed by atoms with Crippen LogP contribution in [0.4, 0.5) is 0 Å². The van der Waals surface area contributed by atoms with Crippen LogP contribution in [0.3, 0.4) is 0 Å². The van der Waals surface area contributed by atoms with Crippen LogP contribution in [0.2, 0.25) is 0 Å². The van der Waals surface area contributed by atoms with E-state index in [1.165, 1.54) is 6.08 Å². The van der Waals surface area contributed by atoms with Gasteiger partial charge in [0.25, 0.3) is 0 Å². The molecule has 1 fully saturated rings. The lowest BCUT2D eigenvalue weighted by molar-refractivity contribution is 0.0186. The highest BCUT2D eigenvalue weighted by Gasteiger charge is 2.38. The molecule has 2 N–H and O–H groups in total. The monoisotopic (exact) mass is 168 g/mol. The maximum Gasteiger partial charge on any atom is 0.120 e. The fourth-order valence-electron chi connectivity index (χ4n) is 1.59. The number of rotatable bonds is 2. The molecule has 0 radical (unpaired) electrons. The third-order valence-electron chi connectivity index (χ3n) is 2.36. The average Bonchev–Trinajstić information content (AvgIpc) is 2.33. The molecule has 0 bridgehead atoms. The minimum atomic E-state index is -0.852. The van der Waals surface area contributed by atoms with Crippen molar-refractivity contribution in [1.82, 2.24) is 0 Å². The second-order valence-electron chi connectivity index (χ2n) is 3.06. The van der Waals surface area contributed by atoms with Gasteiger partial charge in [0.15, 0.2) is 0 Å². The van der Waals surface area contributed by atoms with Crippen LogP contribution in [-0.4, -0.2) is 28.4 Å². The van der Waals surface area contributed by atoms with Crippen molar-refractivity contribution in [1.29, 1.82) is 0 Å². The summed E-state index contributed by atoms with van der Waals surface area (Å²) in [5.74, 6) is 1.23. The molecular weight excluding hydrogens is 156 g/mol. The SMILES string of the molecule is C=CC1CC(C=C=O)C(O)C1O. The lowest BCUT2D eigenvalue weighted by atomic mass is 10.0. The second kappa shape index (κ2) is 3.68. The maximum absolute atomic E-state index is 10.0.